The fourth-order valence-corrected chi connectivity index (χ4v) is 3.49. The molecule has 0 bridgehead atoms. The molecule has 1 N–H and O–H groups in total. The summed E-state index contributed by atoms with van der Waals surface area (Å²) in [5.41, 5.74) is 1.32. The highest BCUT2D eigenvalue weighted by Gasteiger charge is 2.30. The number of nitrogens with one attached hydrogen (secondary N) is 1. The molecular weight excluding hydrogens is 358 g/mol. The number of morpholine rings is 1. The normalized spacial score (nSPS) is 24.4. The van der Waals surface area contributed by atoms with Gasteiger partial charge in [-0.2, -0.15) is 0 Å². The molecule has 3 rings (SSSR count). The second-order valence-corrected chi connectivity index (χ2v) is 7.09. The number of rotatable bonds is 3. The minimum Gasteiger partial charge on any atom is -0.378 e. The third-order valence-corrected chi connectivity index (χ3v) is 5.27. The summed E-state index contributed by atoms with van der Waals surface area (Å²) in [4.78, 5) is 16.9. The predicted molar refractivity (Wildman–Crippen MR) is 93.3 cm³/mol. The van der Waals surface area contributed by atoms with E-state index in [1.165, 1.54) is 5.56 Å². The maximum absolute atomic E-state index is 12.5. The molecule has 2 saturated heterocycles. The second-order valence-electron chi connectivity index (χ2n) is 6.17. The summed E-state index contributed by atoms with van der Waals surface area (Å²) < 4.78 is 6.50. The van der Waals surface area contributed by atoms with Gasteiger partial charge in [-0.25, -0.2) is 0 Å². The highest BCUT2D eigenvalue weighted by atomic mass is 79.9. The first-order valence-corrected chi connectivity index (χ1v) is 9.04. The summed E-state index contributed by atoms with van der Waals surface area (Å²) in [6, 6.07) is 8.70. The maximum atomic E-state index is 12.5. The molecule has 2 fully saturated rings. The molecular formula is C17H24BrN3O2. The fraction of sp³-hybridized carbons (Fsp3) is 0.588. The van der Waals surface area contributed by atoms with Crippen LogP contribution in [0.25, 0.3) is 0 Å². The van der Waals surface area contributed by atoms with E-state index in [1.807, 2.05) is 4.90 Å². The Morgan fingerprint density at radius 2 is 1.96 bits per heavy atom. The van der Waals surface area contributed by atoms with E-state index in [4.69, 9.17) is 4.74 Å². The smallest absolute Gasteiger partial charge is 0.242 e. The first-order valence-electron chi connectivity index (χ1n) is 8.24. The molecule has 0 saturated carbocycles. The number of amides is 1. The minimum absolute atomic E-state index is 0.167. The fourth-order valence-electron chi connectivity index (χ4n) is 3.23. The van der Waals surface area contributed by atoms with Crippen LogP contribution in [0.3, 0.4) is 0 Å². The number of carbonyl (C=O) groups excluding carboxylic acids is 1. The van der Waals surface area contributed by atoms with Crippen molar-refractivity contribution in [2.75, 3.05) is 45.9 Å². The molecule has 6 heteroatoms. The Balaban J connectivity index is 1.53. The number of ether oxygens (including phenoxy) is 1. The molecule has 1 aromatic rings. The van der Waals surface area contributed by atoms with Crippen molar-refractivity contribution in [3.63, 3.8) is 0 Å². The molecule has 2 heterocycles. The Hall–Kier alpha value is -0.950. The number of hydrogen-bond acceptors (Lipinski definition) is 4. The van der Waals surface area contributed by atoms with E-state index in [2.05, 4.69) is 57.3 Å². The van der Waals surface area contributed by atoms with Crippen LogP contribution in [0.5, 0.6) is 0 Å². The predicted octanol–water partition coefficient (Wildman–Crippen LogP) is 1.64. The zero-order valence-electron chi connectivity index (χ0n) is 13.5. The zero-order chi connectivity index (χ0) is 16.2. The van der Waals surface area contributed by atoms with Crippen LogP contribution in [0.15, 0.2) is 28.7 Å². The van der Waals surface area contributed by atoms with E-state index < -0.39 is 0 Å². The number of halogens is 1. The van der Waals surface area contributed by atoms with Crippen molar-refractivity contribution in [2.24, 2.45) is 0 Å². The van der Waals surface area contributed by atoms with Gasteiger partial charge >= 0.3 is 0 Å². The Kier molecular flexibility index (Phi) is 5.69. The van der Waals surface area contributed by atoms with Crippen LogP contribution in [0.4, 0.5) is 0 Å². The summed E-state index contributed by atoms with van der Waals surface area (Å²) in [7, 11) is 0. The molecule has 0 aliphatic carbocycles. The number of piperazine rings is 1. The first-order chi connectivity index (χ1) is 11.1. The molecule has 0 radical (unpaired) electrons. The van der Waals surface area contributed by atoms with Crippen LogP contribution in [0.2, 0.25) is 0 Å². The summed E-state index contributed by atoms with van der Waals surface area (Å²) >= 11 is 3.48. The number of nitrogens with zero attached hydrogens (tertiary/aromatic N) is 2. The van der Waals surface area contributed by atoms with Gasteiger partial charge in [0, 0.05) is 43.2 Å². The van der Waals surface area contributed by atoms with E-state index in [0.717, 1.165) is 37.2 Å². The van der Waals surface area contributed by atoms with Gasteiger partial charge in [0.25, 0.3) is 0 Å². The molecule has 2 unspecified atom stereocenters. The van der Waals surface area contributed by atoms with Crippen molar-refractivity contribution in [3.8, 4) is 0 Å². The van der Waals surface area contributed by atoms with Crippen LogP contribution in [-0.2, 0) is 9.53 Å². The van der Waals surface area contributed by atoms with Crippen molar-refractivity contribution in [1.82, 2.24) is 15.1 Å². The van der Waals surface area contributed by atoms with Gasteiger partial charge in [0.05, 0.1) is 13.2 Å². The average Bonchev–Trinajstić information content (AvgIpc) is 2.62. The quantitative estimate of drug-likeness (QED) is 0.864. The van der Waals surface area contributed by atoms with Crippen molar-refractivity contribution in [3.05, 3.63) is 34.3 Å². The van der Waals surface area contributed by atoms with Crippen LogP contribution in [0, 0.1) is 0 Å². The average molecular weight is 382 g/mol. The summed E-state index contributed by atoms with van der Waals surface area (Å²) in [5, 5.41) is 3.25. The molecule has 0 spiro atoms. The molecule has 126 valence electrons. The lowest BCUT2D eigenvalue weighted by atomic mass is 10.1. The van der Waals surface area contributed by atoms with E-state index in [9.17, 15) is 4.79 Å². The van der Waals surface area contributed by atoms with Crippen LogP contribution in [0.1, 0.15) is 18.5 Å². The molecule has 2 aliphatic heterocycles. The molecule has 1 aromatic carbocycles. The van der Waals surface area contributed by atoms with Gasteiger partial charge in [-0.05, 0) is 24.6 Å². The molecule has 5 nitrogen and oxygen atoms in total. The maximum Gasteiger partial charge on any atom is 0.242 e. The van der Waals surface area contributed by atoms with Gasteiger partial charge in [-0.15, -0.1) is 0 Å². The van der Waals surface area contributed by atoms with Crippen molar-refractivity contribution in [2.45, 2.75) is 19.0 Å². The lowest BCUT2D eigenvalue weighted by Gasteiger charge is -2.39. The highest BCUT2D eigenvalue weighted by molar-refractivity contribution is 9.10. The van der Waals surface area contributed by atoms with Crippen LogP contribution < -0.4 is 5.32 Å². The monoisotopic (exact) mass is 381 g/mol. The van der Waals surface area contributed by atoms with E-state index in [-0.39, 0.29) is 11.9 Å². The Morgan fingerprint density at radius 1 is 1.26 bits per heavy atom. The van der Waals surface area contributed by atoms with Gasteiger partial charge in [0.15, 0.2) is 0 Å². The van der Waals surface area contributed by atoms with E-state index in [1.54, 1.807) is 0 Å². The molecule has 0 aromatic heterocycles. The first kappa shape index (κ1) is 16.9. The Morgan fingerprint density at radius 3 is 2.57 bits per heavy atom. The van der Waals surface area contributed by atoms with Crippen LogP contribution >= 0.6 is 15.9 Å². The van der Waals surface area contributed by atoms with Crippen molar-refractivity contribution >= 4 is 21.8 Å². The zero-order valence-corrected chi connectivity index (χ0v) is 15.1. The van der Waals surface area contributed by atoms with Crippen molar-refractivity contribution in [1.29, 1.82) is 0 Å². The Labute approximate surface area is 146 Å². The lowest BCUT2D eigenvalue weighted by molar-refractivity contribution is -0.138. The molecule has 1 amide bonds. The SMILES string of the molecule is CC(c1ccc(Br)cc1)N1CCN(C(=O)C2COCCN2)CC1. The Bertz CT molecular complexity index is 523. The van der Waals surface area contributed by atoms with Gasteiger partial charge in [-0.3, -0.25) is 9.69 Å². The third kappa shape index (κ3) is 4.12. The number of benzene rings is 1. The van der Waals surface area contributed by atoms with Crippen LogP contribution in [-0.4, -0.2) is 67.7 Å². The topological polar surface area (TPSA) is 44.8 Å². The number of carbonyl (C=O) groups is 1. The lowest BCUT2D eigenvalue weighted by Crippen LogP contribution is -2.57. The largest absolute Gasteiger partial charge is 0.378 e. The second kappa shape index (κ2) is 7.75. The third-order valence-electron chi connectivity index (χ3n) is 4.75. The van der Waals surface area contributed by atoms with E-state index >= 15 is 0 Å². The summed E-state index contributed by atoms with van der Waals surface area (Å²) in [6.07, 6.45) is 0. The summed E-state index contributed by atoms with van der Waals surface area (Å²) in [6.45, 7) is 7.59. The summed E-state index contributed by atoms with van der Waals surface area (Å²) in [5.74, 6) is 0.181. The van der Waals surface area contributed by atoms with E-state index in [0.29, 0.717) is 19.3 Å². The van der Waals surface area contributed by atoms with Gasteiger partial charge in [0.1, 0.15) is 6.04 Å². The van der Waals surface area contributed by atoms with Gasteiger partial charge in [0.2, 0.25) is 5.91 Å². The number of hydrogen-bond donors (Lipinski definition) is 1. The molecule has 23 heavy (non-hydrogen) atoms. The van der Waals surface area contributed by atoms with Gasteiger partial charge < -0.3 is 15.0 Å². The highest BCUT2D eigenvalue weighted by Crippen LogP contribution is 2.23. The van der Waals surface area contributed by atoms with Gasteiger partial charge in [-0.1, -0.05) is 28.1 Å². The minimum atomic E-state index is -0.167. The molecule has 2 atom stereocenters. The standard InChI is InChI=1S/C17H24BrN3O2/c1-13(14-2-4-15(18)5-3-14)20-7-9-21(10-8-20)17(22)16-12-23-11-6-19-16/h2-5,13,16,19H,6-12H2,1H3. The van der Waals surface area contributed by atoms with Crippen molar-refractivity contribution < 1.29 is 9.53 Å². The molecule has 2 aliphatic rings.